The van der Waals surface area contributed by atoms with Crippen LogP contribution in [0.2, 0.25) is 0 Å². The molecule has 0 amide bonds. The van der Waals surface area contributed by atoms with Crippen LogP contribution in [-0.2, 0) is 7.05 Å². The molecule has 11 heavy (non-hydrogen) atoms. The lowest BCUT2D eigenvalue weighted by molar-refractivity contribution is 0.387. The van der Waals surface area contributed by atoms with Crippen LogP contribution in [0.3, 0.4) is 0 Å². The molecule has 0 saturated carbocycles. The van der Waals surface area contributed by atoms with Crippen LogP contribution in [0.1, 0.15) is 6.92 Å². The topological polar surface area (TPSA) is 57.4 Å². The fraction of sp³-hybridized carbons (Fsp3) is 0.429. The van der Waals surface area contributed by atoms with Crippen LogP contribution >= 0.6 is 0 Å². The molecule has 0 unspecified atom stereocenters. The molecule has 0 aliphatic heterocycles. The molecule has 0 aliphatic rings. The average molecular weight is 156 g/mol. The van der Waals surface area contributed by atoms with Crippen molar-refractivity contribution >= 4 is 5.69 Å². The van der Waals surface area contributed by atoms with Crippen molar-refractivity contribution in [3.8, 4) is 11.8 Å². The number of nitrogens with zero attached hydrogens (tertiary/aromatic N) is 1. The van der Waals surface area contributed by atoms with E-state index in [-0.39, 0.29) is 11.8 Å². The summed E-state index contributed by atoms with van der Waals surface area (Å²) in [5.41, 5.74) is 0.563. The van der Waals surface area contributed by atoms with Gasteiger partial charge in [-0.05, 0) is 6.92 Å². The first-order chi connectivity index (χ1) is 5.16. The Balaban J connectivity index is 2.98. The first kappa shape index (κ1) is 7.78. The van der Waals surface area contributed by atoms with Gasteiger partial charge in [-0.15, -0.1) is 0 Å². The van der Waals surface area contributed by atoms with Crippen molar-refractivity contribution in [3.63, 3.8) is 0 Å². The van der Waals surface area contributed by atoms with Gasteiger partial charge in [-0.1, -0.05) is 0 Å². The van der Waals surface area contributed by atoms with Gasteiger partial charge in [0.1, 0.15) is 5.69 Å². The van der Waals surface area contributed by atoms with E-state index < -0.39 is 0 Å². The molecule has 1 rings (SSSR count). The van der Waals surface area contributed by atoms with Gasteiger partial charge in [0.05, 0.1) is 0 Å². The van der Waals surface area contributed by atoms with Crippen LogP contribution < -0.4 is 5.32 Å². The van der Waals surface area contributed by atoms with Gasteiger partial charge >= 0.3 is 0 Å². The summed E-state index contributed by atoms with van der Waals surface area (Å²) in [6.07, 6.45) is 0. The highest BCUT2D eigenvalue weighted by Gasteiger charge is 2.08. The molecule has 0 spiro atoms. The monoisotopic (exact) mass is 156 g/mol. The molecule has 0 aliphatic carbocycles. The van der Waals surface area contributed by atoms with Gasteiger partial charge in [-0.25, -0.2) is 0 Å². The maximum atomic E-state index is 9.29. The quantitative estimate of drug-likeness (QED) is 0.595. The van der Waals surface area contributed by atoms with Crippen LogP contribution in [0.4, 0.5) is 5.69 Å². The summed E-state index contributed by atoms with van der Waals surface area (Å²) in [4.78, 5) is 0. The number of hydrogen-bond donors (Lipinski definition) is 3. The molecule has 4 nitrogen and oxygen atoms in total. The largest absolute Gasteiger partial charge is 0.494 e. The summed E-state index contributed by atoms with van der Waals surface area (Å²) < 4.78 is 1.30. The molecule has 1 heterocycles. The van der Waals surface area contributed by atoms with Gasteiger partial charge in [0.15, 0.2) is 5.88 Å². The Kier molecular flexibility index (Phi) is 1.94. The second-order valence-electron chi connectivity index (χ2n) is 2.33. The van der Waals surface area contributed by atoms with Crippen molar-refractivity contribution in [1.29, 1.82) is 0 Å². The summed E-state index contributed by atoms with van der Waals surface area (Å²) in [5.74, 6) is 0.114. The predicted molar refractivity (Wildman–Crippen MR) is 42.9 cm³/mol. The molecule has 0 saturated heterocycles. The third-order valence-electron chi connectivity index (χ3n) is 1.54. The van der Waals surface area contributed by atoms with Crippen LogP contribution in [-0.4, -0.2) is 21.3 Å². The Morgan fingerprint density at radius 1 is 1.55 bits per heavy atom. The van der Waals surface area contributed by atoms with Crippen molar-refractivity contribution in [2.45, 2.75) is 6.92 Å². The molecule has 3 N–H and O–H groups in total. The summed E-state index contributed by atoms with van der Waals surface area (Å²) in [7, 11) is 1.59. The molecule has 0 bridgehead atoms. The molecule has 62 valence electrons. The molecule has 0 radical (unpaired) electrons. The SMILES string of the molecule is CCNc1cc(O)n(C)c1O. The summed E-state index contributed by atoms with van der Waals surface area (Å²) in [5, 5.41) is 21.3. The van der Waals surface area contributed by atoms with E-state index in [1.54, 1.807) is 7.05 Å². The molecule has 0 atom stereocenters. The highest BCUT2D eigenvalue weighted by Crippen LogP contribution is 2.30. The Morgan fingerprint density at radius 3 is 2.55 bits per heavy atom. The van der Waals surface area contributed by atoms with E-state index >= 15 is 0 Å². The minimum atomic E-state index is 0.0541. The Bertz CT molecular complexity index is 255. The summed E-state index contributed by atoms with van der Waals surface area (Å²) in [6.45, 7) is 2.64. The van der Waals surface area contributed by atoms with Gasteiger partial charge in [0.2, 0.25) is 5.88 Å². The second-order valence-corrected chi connectivity index (χ2v) is 2.33. The van der Waals surface area contributed by atoms with E-state index in [0.717, 1.165) is 6.54 Å². The van der Waals surface area contributed by atoms with Gasteiger partial charge in [-0.3, -0.25) is 4.57 Å². The third kappa shape index (κ3) is 1.24. The zero-order valence-corrected chi connectivity index (χ0v) is 6.63. The van der Waals surface area contributed by atoms with Gasteiger partial charge in [-0.2, -0.15) is 0 Å². The Hall–Kier alpha value is -1.32. The third-order valence-corrected chi connectivity index (χ3v) is 1.54. The first-order valence-electron chi connectivity index (χ1n) is 3.48. The van der Waals surface area contributed by atoms with E-state index in [9.17, 15) is 5.11 Å². The van der Waals surface area contributed by atoms with Crippen molar-refractivity contribution < 1.29 is 10.2 Å². The van der Waals surface area contributed by atoms with E-state index in [1.807, 2.05) is 6.92 Å². The van der Waals surface area contributed by atoms with Gasteiger partial charge < -0.3 is 15.5 Å². The van der Waals surface area contributed by atoms with E-state index in [0.29, 0.717) is 5.69 Å². The molecular formula is C7H12N2O2. The van der Waals surface area contributed by atoms with Crippen molar-refractivity contribution in [2.24, 2.45) is 7.05 Å². The lowest BCUT2D eigenvalue weighted by atomic mass is 10.5. The first-order valence-corrected chi connectivity index (χ1v) is 3.48. The van der Waals surface area contributed by atoms with Crippen LogP contribution in [0.25, 0.3) is 0 Å². The zero-order chi connectivity index (χ0) is 8.43. The molecule has 1 aromatic heterocycles. The van der Waals surface area contributed by atoms with Crippen molar-refractivity contribution in [2.75, 3.05) is 11.9 Å². The maximum Gasteiger partial charge on any atom is 0.217 e. The van der Waals surface area contributed by atoms with E-state index in [4.69, 9.17) is 5.11 Å². The number of rotatable bonds is 2. The Labute approximate surface area is 65.1 Å². The predicted octanol–water partition coefficient (Wildman–Crippen LogP) is 0.868. The summed E-state index contributed by atoms with van der Waals surface area (Å²) in [6, 6.07) is 1.48. The number of anilines is 1. The number of nitrogens with one attached hydrogen (secondary N) is 1. The standard InChI is InChI=1S/C7H12N2O2/c1-3-8-5-4-6(10)9(2)7(5)11/h4,8,10-11H,3H2,1-2H3. The molecule has 0 aromatic carbocycles. The normalized spacial score (nSPS) is 10.0. The van der Waals surface area contributed by atoms with Crippen molar-refractivity contribution in [1.82, 2.24) is 4.57 Å². The minimum absolute atomic E-state index is 0.0541. The van der Waals surface area contributed by atoms with Gasteiger partial charge in [0.25, 0.3) is 0 Å². The highest BCUT2D eigenvalue weighted by atomic mass is 16.3. The number of aromatic nitrogens is 1. The van der Waals surface area contributed by atoms with Crippen LogP contribution in [0, 0.1) is 0 Å². The molecular weight excluding hydrogens is 144 g/mol. The maximum absolute atomic E-state index is 9.29. The number of hydrogen-bond acceptors (Lipinski definition) is 3. The fourth-order valence-corrected chi connectivity index (χ4v) is 0.900. The van der Waals surface area contributed by atoms with Gasteiger partial charge in [0, 0.05) is 19.7 Å². The highest BCUT2D eigenvalue weighted by molar-refractivity contribution is 5.56. The Morgan fingerprint density at radius 2 is 2.18 bits per heavy atom. The fourth-order valence-electron chi connectivity index (χ4n) is 0.900. The van der Waals surface area contributed by atoms with Crippen molar-refractivity contribution in [3.05, 3.63) is 6.07 Å². The number of aromatic hydroxyl groups is 2. The summed E-state index contributed by atoms with van der Waals surface area (Å²) >= 11 is 0. The lowest BCUT2D eigenvalue weighted by Gasteiger charge is -1.99. The van der Waals surface area contributed by atoms with Crippen LogP contribution in [0.15, 0.2) is 6.07 Å². The minimum Gasteiger partial charge on any atom is -0.494 e. The molecule has 0 fully saturated rings. The average Bonchev–Trinajstić information content (AvgIpc) is 2.19. The zero-order valence-electron chi connectivity index (χ0n) is 6.63. The lowest BCUT2D eigenvalue weighted by Crippen LogP contribution is -1.95. The van der Waals surface area contributed by atoms with Crippen LogP contribution in [0.5, 0.6) is 11.8 Å². The molecule has 1 aromatic rings. The second kappa shape index (κ2) is 2.74. The molecule has 4 heteroatoms. The van der Waals surface area contributed by atoms with E-state index in [1.165, 1.54) is 10.6 Å². The smallest absolute Gasteiger partial charge is 0.217 e. The van der Waals surface area contributed by atoms with E-state index in [2.05, 4.69) is 5.32 Å².